The predicted octanol–water partition coefficient (Wildman–Crippen LogP) is 19.2. The number of nitrogens with zero attached hydrogens (tertiary/aromatic N) is 8. The first-order valence-corrected chi connectivity index (χ1v) is 50.5. The molecule has 8 aliphatic heterocycles. The van der Waals surface area contributed by atoms with Crippen molar-refractivity contribution in [3.8, 4) is 40.6 Å². The summed E-state index contributed by atoms with van der Waals surface area (Å²) in [6, 6.07) is 45.7. The predicted molar refractivity (Wildman–Crippen MR) is 516 cm³/mol. The molecule has 26 nitrogen and oxygen atoms in total. The summed E-state index contributed by atoms with van der Waals surface area (Å²) in [5.74, 6) is -3.83. The quantitative estimate of drug-likeness (QED) is 0.0515. The lowest BCUT2D eigenvalue weighted by Crippen LogP contribution is -2.64. The van der Waals surface area contributed by atoms with Gasteiger partial charge >= 0.3 is 0 Å². The van der Waals surface area contributed by atoms with Crippen molar-refractivity contribution >= 4 is 58.5 Å². The van der Waals surface area contributed by atoms with E-state index in [4.69, 9.17) is 77.4 Å². The molecule has 4 saturated heterocycles. The molecule has 7 aromatic carbocycles. The van der Waals surface area contributed by atoms with Crippen LogP contribution in [0.3, 0.4) is 0 Å². The second-order valence-electron chi connectivity index (χ2n) is 40.0. The third-order valence-electron chi connectivity index (χ3n) is 28.5. The first-order chi connectivity index (χ1) is 65.9. The van der Waals surface area contributed by atoms with Crippen LogP contribution in [0.1, 0.15) is 188 Å². The number of amidine groups is 4. The summed E-state index contributed by atoms with van der Waals surface area (Å²) in [6.45, 7) is 30.5. The molecular formula is C104H111F7N12O14S3. The van der Waals surface area contributed by atoms with E-state index in [-0.39, 0.29) is 131 Å². The van der Waals surface area contributed by atoms with Crippen molar-refractivity contribution in [3.63, 3.8) is 0 Å². The number of sulfone groups is 3. The van der Waals surface area contributed by atoms with Gasteiger partial charge in [-0.2, -0.15) is 0 Å². The number of nitrogens with two attached hydrogens (primary N) is 4. The first kappa shape index (κ1) is 101. The van der Waals surface area contributed by atoms with Crippen LogP contribution in [-0.4, -0.2) is 132 Å². The van der Waals surface area contributed by atoms with E-state index in [1.54, 1.807) is 26.0 Å². The number of hydrogen-bond donors (Lipinski definition) is 4. The normalized spacial score (nSPS) is 26.9. The third kappa shape index (κ3) is 18.9. The van der Waals surface area contributed by atoms with E-state index < -0.39 is 147 Å². The maximum absolute atomic E-state index is 15.5. The average Bonchev–Trinajstić information content (AvgIpc) is 0.884. The maximum atomic E-state index is 15.5. The van der Waals surface area contributed by atoms with E-state index in [9.17, 15) is 38.4 Å². The van der Waals surface area contributed by atoms with Crippen molar-refractivity contribution in [2.45, 2.75) is 211 Å². The number of halogens is 7. The zero-order valence-corrected chi connectivity index (χ0v) is 82.0. The van der Waals surface area contributed by atoms with Crippen molar-refractivity contribution < 1.29 is 93.9 Å². The van der Waals surface area contributed by atoms with Crippen LogP contribution in [0.25, 0.3) is 4.85 Å². The summed E-state index contributed by atoms with van der Waals surface area (Å²) in [5.41, 5.74) is 25.0. The molecule has 738 valence electrons. The highest BCUT2D eigenvalue weighted by molar-refractivity contribution is 7.95. The van der Waals surface area contributed by atoms with Gasteiger partial charge in [0, 0.05) is 52.2 Å². The number of aromatic nitrogens is 3. The van der Waals surface area contributed by atoms with Crippen LogP contribution >= 0.6 is 0 Å². The molecule has 11 atom stereocenters. The Morgan fingerprint density at radius 3 is 1.20 bits per heavy atom. The summed E-state index contributed by atoms with van der Waals surface area (Å²) in [4.78, 5) is 33.8. The van der Waals surface area contributed by atoms with E-state index in [0.717, 1.165) is 58.5 Å². The standard InChI is InChI=1S/C28H27FN4O4S.C27H27F2N3O4S.C26H31FN2O4S.C23H26F3N3O2/c1-17-5-7-18(8-6-17)23-15-24-28(16-36-23,33-26(30)27(2,3)38(24,34)35)21-14-20(9-10-22(21)29)37-25-13-19(31-4)11-12-32-25;1-16-6-8-17(9-7-16)22-14-23-27(15-35-22,32-25(30)26(2,3)37(23,33)34)19-13-18(10-11-20(19)28)36-24-21(29)5-4-12-31-24;1-16-4-8-18(9-5-16)22-13-23-26(15-33-22,29-24(28)25(2,3)34(23,30)31)20-12-19(10-11-21(20)27)32-14-17-6-7-17;1-21(2)9-13-10-22(3,4)30-12-23(13,29-20(21)27)16-8-15(5-6-17(16)25)31-19-18(26)7-14(24)11-28-19/h5-14,23-24H,15-16H2,1-3H3,(H2,30,33);4-13,22-23H,14-15H2,1-3H3,(H2,30,32);4-5,8-12,17,22-23H,6-7,13-15H2,1-3H3,(H2,28,29);5-8,11,13H,9-10,12H2,1-4H3,(H2,27,29)/t23-,24-,28-;22-,23-,27-;22-,23-,26-;13-,23+/m1111/s1. The first-order valence-electron chi connectivity index (χ1n) is 45.8. The molecule has 10 aromatic rings. The van der Waals surface area contributed by atoms with Gasteiger partial charge in [0.05, 0.1) is 85.5 Å². The third-order valence-corrected chi connectivity index (χ3v) is 37.4. The largest absolute Gasteiger partial charge is 0.493 e. The molecule has 19 rings (SSSR count). The lowest BCUT2D eigenvalue weighted by molar-refractivity contribution is -0.123. The van der Waals surface area contributed by atoms with Crippen molar-refractivity contribution in [2.24, 2.45) is 60.2 Å². The minimum absolute atomic E-state index is 0.00529. The van der Waals surface area contributed by atoms with Crippen molar-refractivity contribution in [1.29, 1.82) is 0 Å². The fraction of sp³-hybridized carbons (Fsp3) is 0.404. The molecule has 9 aliphatic rings. The van der Waals surface area contributed by atoms with E-state index in [1.165, 1.54) is 119 Å². The Labute approximate surface area is 809 Å². The van der Waals surface area contributed by atoms with E-state index in [0.29, 0.717) is 48.7 Å². The Morgan fingerprint density at radius 1 is 0.414 bits per heavy atom. The minimum atomic E-state index is -3.98. The van der Waals surface area contributed by atoms with E-state index in [1.807, 2.05) is 121 Å². The molecule has 8 N–H and O–H groups in total. The summed E-state index contributed by atoms with van der Waals surface area (Å²) in [6.07, 6.45) is 6.06. The Morgan fingerprint density at radius 2 is 0.800 bits per heavy atom. The molecule has 140 heavy (non-hydrogen) atoms. The molecule has 1 saturated carbocycles. The summed E-state index contributed by atoms with van der Waals surface area (Å²) < 4.78 is 230. The van der Waals surface area contributed by atoms with Crippen LogP contribution in [0.15, 0.2) is 214 Å². The van der Waals surface area contributed by atoms with Gasteiger partial charge in [-0.3, -0.25) is 20.0 Å². The monoisotopic (exact) mass is 1980 g/mol. The number of aryl methyl sites for hydroxylation is 3. The van der Waals surface area contributed by atoms with Crippen molar-refractivity contribution in [3.05, 3.63) is 302 Å². The molecule has 11 heterocycles. The van der Waals surface area contributed by atoms with Gasteiger partial charge in [-0.15, -0.1) is 0 Å². The molecule has 3 aromatic heterocycles. The Bertz CT molecular complexity index is 7010. The fourth-order valence-corrected chi connectivity index (χ4v) is 26.0. The Kier molecular flexibility index (Phi) is 27.1. The average molecular weight is 1980 g/mol. The number of aliphatic imine (C=N–C) groups is 4. The highest BCUT2D eigenvalue weighted by atomic mass is 32.2. The summed E-state index contributed by atoms with van der Waals surface area (Å²) in [5, 5.41) is -3.25. The van der Waals surface area contributed by atoms with Gasteiger partial charge in [-0.25, -0.2) is 75.8 Å². The van der Waals surface area contributed by atoms with Crippen LogP contribution in [0.5, 0.6) is 40.6 Å². The molecule has 36 heteroatoms. The summed E-state index contributed by atoms with van der Waals surface area (Å²) in [7, 11) is -11.8. The van der Waals surface area contributed by atoms with Crippen LogP contribution < -0.4 is 41.9 Å². The Balaban J connectivity index is 0.000000135. The number of rotatable bonds is 16. The number of hydrogen-bond acceptors (Lipinski definition) is 25. The van der Waals surface area contributed by atoms with Crippen LogP contribution in [0.2, 0.25) is 0 Å². The van der Waals surface area contributed by atoms with Gasteiger partial charge in [0.15, 0.2) is 46.8 Å². The molecule has 0 unspecified atom stereocenters. The second-order valence-corrected chi connectivity index (χ2v) is 48.1. The molecule has 5 fully saturated rings. The van der Waals surface area contributed by atoms with Gasteiger partial charge in [-0.1, -0.05) is 103 Å². The van der Waals surface area contributed by atoms with Crippen molar-refractivity contribution in [2.75, 3.05) is 33.0 Å². The highest BCUT2D eigenvalue weighted by Gasteiger charge is 2.66. The molecule has 0 radical (unpaired) electrons. The van der Waals surface area contributed by atoms with Crippen LogP contribution in [0, 0.1) is 85.3 Å². The number of benzene rings is 7. The molecule has 0 spiro atoms. The van der Waals surface area contributed by atoms with E-state index >= 15 is 17.6 Å². The lowest BCUT2D eigenvalue weighted by atomic mass is 9.63. The molecular weight excluding hydrogens is 1870 g/mol. The van der Waals surface area contributed by atoms with Gasteiger partial charge in [-0.05, 0) is 241 Å². The molecule has 0 amide bonds. The van der Waals surface area contributed by atoms with Crippen LogP contribution in [0.4, 0.5) is 36.4 Å². The van der Waals surface area contributed by atoms with Gasteiger partial charge < -0.3 is 60.8 Å². The lowest BCUT2D eigenvalue weighted by Gasteiger charge is -2.52. The maximum Gasteiger partial charge on any atom is 0.256 e. The number of pyridine rings is 3. The smallest absolute Gasteiger partial charge is 0.256 e. The van der Waals surface area contributed by atoms with Gasteiger partial charge in [0.1, 0.15) is 112 Å². The van der Waals surface area contributed by atoms with Crippen molar-refractivity contribution in [1.82, 2.24) is 15.0 Å². The Hall–Kier alpha value is -12.2. The van der Waals surface area contributed by atoms with Gasteiger partial charge in [0.2, 0.25) is 5.88 Å². The topological polar surface area (TPSA) is 373 Å². The fourth-order valence-electron chi connectivity index (χ4n) is 19.3. The molecule has 1 aliphatic carbocycles. The van der Waals surface area contributed by atoms with E-state index in [2.05, 4.69) is 29.8 Å². The minimum Gasteiger partial charge on any atom is -0.493 e. The molecule has 0 bridgehead atoms. The van der Waals surface area contributed by atoms with Crippen LogP contribution in [-0.2, 0) is 70.6 Å². The SMILES string of the molecule is CC1(C)C[C@H]2CC(C)(C)C(N)=N[C@@]2(c2cc(Oc3ncc(F)cc3F)ccc2F)CO1.Cc1ccc([C@H]2C[C@@H]3[C@](c4cc(OCC5CC5)ccc4F)(CO2)N=C(N)C(C)(C)S3(=O)=O)cc1.Cc1ccc([C@H]2C[C@@H]3[C@](c4cc(Oc5ncccc5F)ccc4F)(CO2)N=C(N)C(C)(C)S3(=O)=O)cc1.[C-]#[N+]c1ccnc(Oc2ccc(F)c([C@]34CO[C@@H](c5ccc(C)cc5)C[C@H]3S(=O)(=O)C(C)(C)C(N)=N4)c2)c1. The zero-order chi connectivity index (χ0) is 101. The second kappa shape index (κ2) is 37.6. The highest BCUT2D eigenvalue weighted by Crippen LogP contribution is 2.58. The zero-order valence-electron chi connectivity index (χ0n) is 79.6. The summed E-state index contributed by atoms with van der Waals surface area (Å²) >= 11 is 0. The number of ether oxygens (including phenoxy) is 8. The van der Waals surface area contributed by atoms with Gasteiger partial charge in [0.25, 0.3) is 11.8 Å². The number of fused-ring (bicyclic) bond motifs is 4.